The minimum atomic E-state index is -0.976. The van der Waals surface area contributed by atoms with Crippen LogP contribution in [0.3, 0.4) is 0 Å². The molecule has 0 unspecified atom stereocenters. The normalized spacial score (nSPS) is 15.2. The molecule has 1 aliphatic heterocycles. The van der Waals surface area contributed by atoms with Crippen LogP contribution in [0.1, 0.15) is 43.0 Å². The number of carbonyl (C=O) groups is 2. The molecule has 0 aliphatic carbocycles. The van der Waals surface area contributed by atoms with Crippen molar-refractivity contribution in [2.45, 2.75) is 32.6 Å². The Hall–Kier alpha value is -2.04. The summed E-state index contributed by atoms with van der Waals surface area (Å²) in [5.74, 6) is -0.906. The Bertz CT molecular complexity index is 514. The van der Waals surface area contributed by atoms with Crippen LogP contribution in [-0.2, 0) is 4.79 Å². The first-order valence-corrected chi connectivity index (χ1v) is 7.04. The molecule has 1 aliphatic rings. The minimum Gasteiger partial charge on any atom is -0.478 e. The molecule has 0 radical (unpaired) electrons. The maximum Gasteiger partial charge on any atom is 0.335 e. The van der Waals surface area contributed by atoms with E-state index in [2.05, 4.69) is 5.32 Å². The number of anilines is 2. The fraction of sp³-hybridized carbons (Fsp3) is 0.467. The average molecular weight is 276 g/mol. The van der Waals surface area contributed by atoms with Crippen LogP contribution in [0.25, 0.3) is 0 Å². The molecule has 1 fully saturated rings. The Morgan fingerprint density at radius 3 is 2.80 bits per heavy atom. The molecule has 1 amide bonds. The van der Waals surface area contributed by atoms with Gasteiger partial charge in [-0.05, 0) is 37.5 Å². The van der Waals surface area contributed by atoms with Gasteiger partial charge in [0.1, 0.15) is 0 Å². The van der Waals surface area contributed by atoms with Gasteiger partial charge < -0.3 is 15.3 Å². The average Bonchev–Trinajstić information content (AvgIpc) is 2.45. The zero-order chi connectivity index (χ0) is 14.5. The van der Waals surface area contributed by atoms with E-state index in [9.17, 15) is 14.7 Å². The molecule has 1 heterocycles. The second-order valence-corrected chi connectivity index (χ2v) is 5.00. The Balaban J connectivity index is 2.32. The Morgan fingerprint density at radius 1 is 1.35 bits per heavy atom. The van der Waals surface area contributed by atoms with E-state index in [0.717, 1.165) is 31.5 Å². The number of piperidine rings is 1. The topological polar surface area (TPSA) is 69.6 Å². The van der Waals surface area contributed by atoms with Crippen LogP contribution in [0.2, 0.25) is 0 Å². The van der Waals surface area contributed by atoms with Crippen LogP contribution in [0.4, 0.5) is 11.4 Å². The zero-order valence-electron chi connectivity index (χ0n) is 11.7. The van der Waals surface area contributed by atoms with Crippen LogP contribution in [0, 0.1) is 0 Å². The predicted molar refractivity (Wildman–Crippen MR) is 78.4 cm³/mol. The maximum atomic E-state index is 12.0. The van der Waals surface area contributed by atoms with Gasteiger partial charge in [-0.1, -0.05) is 6.92 Å². The molecule has 2 rings (SSSR count). The molecule has 2 N–H and O–H groups in total. The van der Waals surface area contributed by atoms with Crippen molar-refractivity contribution in [3.8, 4) is 0 Å². The standard InChI is InChI=1S/C15H20N2O3/c1-2-6-16-12-8-11(15(19)20)9-13(10-12)17-7-4-3-5-14(17)18/h8-10,16H,2-7H2,1H3,(H,19,20). The van der Waals surface area contributed by atoms with Crippen LogP contribution in [-0.4, -0.2) is 30.1 Å². The van der Waals surface area contributed by atoms with Gasteiger partial charge in [0.2, 0.25) is 5.91 Å². The van der Waals surface area contributed by atoms with Crippen molar-refractivity contribution in [2.75, 3.05) is 23.3 Å². The smallest absolute Gasteiger partial charge is 0.335 e. The van der Waals surface area contributed by atoms with Gasteiger partial charge in [0.05, 0.1) is 5.56 Å². The second kappa shape index (κ2) is 6.41. The van der Waals surface area contributed by atoms with E-state index in [0.29, 0.717) is 18.7 Å². The molecular formula is C15H20N2O3. The number of benzene rings is 1. The Morgan fingerprint density at radius 2 is 2.15 bits per heavy atom. The molecule has 0 atom stereocenters. The first-order valence-electron chi connectivity index (χ1n) is 7.04. The highest BCUT2D eigenvalue weighted by atomic mass is 16.4. The first-order chi connectivity index (χ1) is 9.61. The molecule has 0 saturated carbocycles. The maximum absolute atomic E-state index is 12.0. The van der Waals surface area contributed by atoms with E-state index >= 15 is 0 Å². The van der Waals surface area contributed by atoms with Gasteiger partial charge in [-0.25, -0.2) is 4.79 Å². The number of nitrogens with one attached hydrogen (secondary N) is 1. The lowest BCUT2D eigenvalue weighted by Gasteiger charge is -2.27. The number of hydrogen-bond acceptors (Lipinski definition) is 3. The largest absolute Gasteiger partial charge is 0.478 e. The van der Waals surface area contributed by atoms with E-state index in [4.69, 9.17) is 0 Å². The summed E-state index contributed by atoms with van der Waals surface area (Å²) in [6.07, 6.45) is 3.36. The van der Waals surface area contributed by atoms with Crippen LogP contribution in [0.15, 0.2) is 18.2 Å². The molecule has 20 heavy (non-hydrogen) atoms. The highest BCUT2D eigenvalue weighted by molar-refractivity contribution is 5.97. The number of amides is 1. The lowest BCUT2D eigenvalue weighted by Crippen LogP contribution is -2.35. The number of rotatable bonds is 5. The van der Waals surface area contributed by atoms with E-state index in [1.165, 1.54) is 0 Å². The third-order valence-electron chi connectivity index (χ3n) is 3.38. The van der Waals surface area contributed by atoms with Crippen molar-refractivity contribution >= 4 is 23.3 Å². The summed E-state index contributed by atoms with van der Waals surface area (Å²) in [6, 6.07) is 5.03. The summed E-state index contributed by atoms with van der Waals surface area (Å²) in [5, 5.41) is 12.4. The summed E-state index contributed by atoms with van der Waals surface area (Å²) in [4.78, 5) is 24.9. The number of nitrogens with zero attached hydrogens (tertiary/aromatic N) is 1. The van der Waals surface area contributed by atoms with Crippen molar-refractivity contribution in [2.24, 2.45) is 0 Å². The quantitative estimate of drug-likeness (QED) is 0.867. The second-order valence-electron chi connectivity index (χ2n) is 5.00. The summed E-state index contributed by atoms with van der Waals surface area (Å²) in [7, 11) is 0. The lowest BCUT2D eigenvalue weighted by atomic mass is 10.1. The summed E-state index contributed by atoms with van der Waals surface area (Å²) in [5.41, 5.74) is 1.63. The highest BCUT2D eigenvalue weighted by Gasteiger charge is 2.21. The van der Waals surface area contributed by atoms with Gasteiger partial charge in [0.15, 0.2) is 0 Å². The predicted octanol–water partition coefficient (Wildman–Crippen LogP) is 2.72. The monoisotopic (exact) mass is 276 g/mol. The highest BCUT2D eigenvalue weighted by Crippen LogP contribution is 2.26. The molecule has 108 valence electrons. The molecule has 0 bridgehead atoms. The van der Waals surface area contributed by atoms with E-state index in [1.807, 2.05) is 13.0 Å². The van der Waals surface area contributed by atoms with Crippen LogP contribution >= 0.6 is 0 Å². The molecule has 1 saturated heterocycles. The van der Waals surface area contributed by atoms with Gasteiger partial charge in [0.25, 0.3) is 0 Å². The number of aromatic carboxylic acids is 1. The number of hydrogen-bond donors (Lipinski definition) is 2. The molecule has 5 nitrogen and oxygen atoms in total. The number of carboxylic acids is 1. The van der Waals surface area contributed by atoms with E-state index < -0.39 is 5.97 Å². The Labute approximate surface area is 118 Å². The summed E-state index contributed by atoms with van der Waals surface area (Å²) >= 11 is 0. The third kappa shape index (κ3) is 3.29. The van der Waals surface area contributed by atoms with Gasteiger partial charge in [-0.2, -0.15) is 0 Å². The van der Waals surface area contributed by atoms with Crippen molar-refractivity contribution in [1.29, 1.82) is 0 Å². The summed E-state index contributed by atoms with van der Waals surface area (Å²) in [6.45, 7) is 3.48. The van der Waals surface area contributed by atoms with Crippen LogP contribution in [0.5, 0.6) is 0 Å². The number of carboxylic acid groups (broad SMARTS) is 1. The number of carbonyl (C=O) groups excluding carboxylic acids is 1. The zero-order valence-corrected chi connectivity index (χ0v) is 11.7. The Kier molecular flexibility index (Phi) is 4.61. The molecule has 1 aromatic rings. The lowest BCUT2D eigenvalue weighted by molar-refractivity contribution is -0.119. The van der Waals surface area contributed by atoms with Gasteiger partial charge in [-0.15, -0.1) is 0 Å². The third-order valence-corrected chi connectivity index (χ3v) is 3.38. The SMILES string of the molecule is CCCNc1cc(C(=O)O)cc(N2CCCCC2=O)c1. The van der Waals surface area contributed by atoms with Gasteiger partial charge >= 0.3 is 5.97 Å². The van der Waals surface area contributed by atoms with Crippen molar-refractivity contribution in [3.63, 3.8) is 0 Å². The van der Waals surface area contributed by atoms with E-state index in [1.54, 1.807) is 17.0 Å². The fourth-order valence-electron chi connectivity index (χ4n) is 2.34. The van der Waals surface area contributed by atoms with Crippen molar-refractivity contribution in [1.82, 2.24) is 0 Å². The molecule has 0 aromatic heterocycles. The molecular weight excluding hydrogens is 256 g/mol. The minimum absolute atomic E-state index is 0.0697. The summed E-state index contributed by atoms with van der Waals surface area (Å²) < 4.78 is 0. The molecule has 5 heteroatoms. The van der Waals surface area contributed by atoms with Gasteiger partial charge in [-0.3, -0.25) is 4.79 Å². The fourth-order valence-corrected chi connectivity index (χ4v) is 2.34. The van der Waals surface area contributed by atoms with Gasteiger partial charge in [0, 0.05) is 30.9 Å². The van der Waals surface area contributed by atoms with Crippen molar-refractivity contribution < 1.29 is 14.7 Å². The van der Waals surface area contributed by atoms with Crippen molar-refractivity contribution in [3.05, 3.63) is 23.8 Å². The molecule has 0 spiro atoms. The van der Waals surface area contributed by atoms with E-state index in [-0.39, 0.29) is 11.5 Å². The first kappa shape index (κ1) is 14.4. The van der Waals surface area contributed by atoms with Crippen LogP contribution < -0.4 is 10.2 Å². The molecule has 1 aromatic carbocycles.